The minimum Gasteiger partial charge on any atom is -0.391 e. The van der Waals surface area contributed by atoms with Crippen LogP contribution in [0.3, 0.4) is 0 Å². The zero-order chi connectivity index (χ0) is 10.8. The van der Waals surface area contributed by atoms with Gasteiger partial charge in [-0.15, -0.1) is 0 Å². The maximum absolute atomic E-state index is 9.26. The van der Waals surface area contributed by atoms with Crippen LogP contribution in [0, 0.1) is 0 Å². The summed E-state index contributed by atoms with van der Waals surface area (Å²) in [7, 11) is 0. The number of nitrogens with zero attached hydrogens (tertiary/aromatic N) is 2. The molecule has 1 aromatic rings. The van der Waals surface area contributed by atoms with Crippen LogP contribution in [0.1, 0.15) is 43.6 Å². The van der Waals surface area contributed by atoms with E-state index < -0.39 is 12.1 Å². The zero-order valence-electron chi connectivity index (χ0n) is 8.59. The first-order valence-electron chi connectivity index (χ1n) is 5.07. The van der Waals surface area contributed by atoms with Gasteiger partial charge in [-0.3, -0.25) is 0 Å². The van der Waals surface area contributed by atoms with Gasteiger partial charge >= 0.3 is 0 Å². The Morgan fingerprint density at radius 3 is 3.00 bits per heavy atom. The Bertz CT molecular complexity index is 304. The lowest BCUT2D eigenvalue weighted by molar-refractivity contribution is 0.103. The monoisotopic (exact) mass is 213 g/mol. The maximum atomic E-state index is 9.26. The van der Waals surface area contributed by atoms with Gasteiger partial charge in [-0.1, -0.05) is 5.16 Å². The lowest BCUT2D eigenvalue weighted by Crippen LogP contribution is -2.23. The molecule has 1 unspecified atom stereocenters. The predicted molar refractivity (Wildman–Crippen MR) is 50.8 cm³/mol. The van der Waals surface area contributed by atoms with Gasteiger partial charge in [0.05, 0.1) is 6.10 Å². The Hall–Kier alpha value is -0.980. The van der Waals surface area contributed by atoms with Crippen LogP contribution in [-0.2, 0) is 4.74 Å². The second-order valence-corrected chi connectivity index (χ2v) is 3.76. The van der Waals surface area contributed by atoms with Gasteiger partial charge in [0.1, 0.15) is 12.1 Å². The molecule has 84 valence electrons. The third-order valence-electron chi connectivity index (χ3n) is 2.48. The maximum Gasteiger partial charge on any atom is 0.246 e. The summed E-state index contributed by atoms with van der Waals surface area (Å²) < 4.78 is 10.4. The first-order chi connectivity index (χ1) is 7.18. The Kier molecular flexibility index (Phi) is 2.99. The largest absolute Gasteiger partial charge is 0.391 e. The summed E-state index contributed by atoms with van der Waals surface area (Å²) in [6.45, 7) is 2.32. The van der Waals surface area contributed by atoms with Crippen molar-refractivity contribution in [1.82, 2.24) is 10.1 Å². The van der Waals surface area contributed by atoms with E-state index in [0.29, 0.717) is 5.82 Å². The van der Waals surface area contributed by atoms with Gasteiger partial charge < -0.3 is 20.1 Å². The standard InChI is InChI=1S/C9H15N3O3/c1-5(13)7(10)9-11-8(12-15-9)6-3-2-4-14-6/h5-7,13H,2-4,10H2,1H3/t5-,6?,7+/m1/s1. The summed E-state index contributed by atoms with van der Waals surface area (Å²) in [6, 6.07) is -0.632. The molecule has 1 aliphatic heterocycles. The molecule has 1 fully saturated rings. The van der Waals surface area contributed by atoms with E-state index >= 15 is 0 Å². The molecular weight excluding hydrogens is 198 g/mol. The van der Waals surface area contributed by atoms with E-state index in [0.717, 1.165) is 19.4 Å². The molecule has 2 rings (SSSR count). The zero-order valence-corrected chi connectivity index (χ0v) is 8.59. The summed E-state index contributed by atoms with van der Waals surface area (Å²) >= 11 is 0. The van der Waals surface area contributed by atoms with E-state index in [1.807, 2.05) is 0 Å². The van der Waals surface area contributed by atoms with Gasteiger partial charge in [0.25, 0.3) is 0 Å². The fourth-order valence-corrected chi connectivity index (χ4v) is 1.50. The molecule has 1 aliphatic rings. The first-order valence-corrected chi connectivity index (χ1v) is 5.07. The van der Waals surface area contributed by atoms with Gasteiger partial charge in [-0.05, 0) is 19.8 Å². The van der Waals surface area contributed by atoms with E-state index in [9.17, 15) is 5.11 Å². The highest BCUT2D eigenvalue weighted by atomic mass is 16.5. The van der Waals surface area contributed by atoms with E-state index in [4.69, 9.17) is 15.0 Å². The highest BCUT2D eigenvalue weighted by Gasteiger charge is 2.26. The minimum absolute atomic E-state index is 0.0799. The molecule has 0 spiro atoms. The lowest BCUT2D eigenvalue weighted by atomic mass is 10.2. The summed E-state index contributed by atoms with van der Waals surface area (Å²) in [5.41, 5.74) is 5.66. The van der Waals surface area contributed by atoms with Crippen molar-refractivity contribution in [3.05, 3.63) is 11.7 Å². The summed E-state index contributed by atoms with van der Waals surface area (Å²) in [5.74, 6) is 0.786. The van der Waals surface area contributed by atoms with Crippen LogP contribution in [0.25, 0.3) is 0 Å². The topological polar surface area (TPSA) is 94.4 Å². The van der Waals surface area contributed by atoms with Crippen molar-refractivity contribution in [2.45, 2.75) is 38.0 Å². The molecule has 3 N–H and O–H groups in total. The average molecular weight is 213 g/mol. The summed E-state index contributed by atoms with van der Waals surface area (Å²) in [5, 5.41) is 13.1. The van der Waals surface area contributed by atoms with E-state index in [1.54, 1.807) is 6.92 Å². The van der Waals surface area contributed by atoms with Crippen LogP contribution in [0.4, 0.5) is 0 Å². The summed E-state index contributed by atoms with van der Waals surface area (Å²) in [6.07, 6.45) is 1.13. The number of aliphatic hydroxyl groups is 1. The SMILES string of the molecule is C[C@@H](O)[C@H](N)c1nc(C2CCCO2)no1. The number of aliphatic hydroxyl groups excluding tert-OH is 1. The molecule has 1 saturated heterocycles. The second kappa shape index (κ2) is 4.26. The van der Waals surface area contributed by atoms with Crippen molar-refractivity contribution < 1.29 is 14.4 Å². The molecule has 1 aromatic heterocycles. The number of nitrogens with two attached hydrogens (primary N) is 1. The van der Waals surface area contributed by atoms with Crippen molar-refractivity contribution in [1.29, 1.82) is 0 Å². The predicted octanol–water partition coefficient (Wildman–Crippen LogP) is 0.302. The molecule has 0 radical (unpaired) electrons. The van der Waals surface area contributed by atoms with Gasteiger partial charge in [-0.2, -0.15) is 4.98 Å². The van der Waals surface area contributed by atoms with E-state index in [2.05, 4.69) is 10.1 Å². The molecule has 2 heterocycles. The van der Waals surface area contributed by atoms with Crippen LogP contribution in [0.15, 0.2) is 4.52 Å². The third kappa shape index (κ3) is 2.17. The van der Waals surface area contributed by atoms with Crippen molar-refractivity contribution in [3.8, 4) is 0 Å². The van der Waals surface area contributed by atoms with Gasteiger partial charge in [0.15, 0.2) is 0 Å². The first kappa shape index (κ1) is 10.5. The fourth-order valence-electron chi connectivity index (χ4n) is 1.50. The molecule has 0 bridgehead atoms. The number of ether oxygens (including phenoxy) is 1. The fraction of sp³-hybridized carbons (Fsp3) is 0.778. The molecule has 6 nitrogen and oxygen atoms in total. The van der Waals surface area contributed by atoms with E-state index in [-0.39, 0.29) is 12.0 Å². The van der Waals surface area contributed by atoms with Crippen LogP contribution in [0.5, 0.6) is 0 Å². The molecule has 6 heteroatoms. The van der Waals surface area contributed by atoms with Gasteiger partial charge in [-0.25, -0.2) is 0 Å². The van der Waals surface area contributed by atoms with Crippen molar-refractivity contribution >= 4 is 0 Å². The van der Waals surface area contributed by atoms with Crippen LogP contribution < -0.4 is 5.73 Å². The number of aromatic nitrogens is 2. The summed E-state index contributed by atoms with van der Waals surface area (Å²) in [4.78, 5) is 4.13. The van der Waals surface area contributed by atoms with Crippen molar-refractivity contribution in [2.75, 3.05) is 6.61 Å². The smallest absolute Gasteiger partial charge is 0.246 e. The number of hydrogen-bond acceptors (Lipinski definition) is 6. The quantitative estimate of drug-likeness (QED) is 0.750. The normalized spacial score (nSPS) is 25.4. The average Bonchev–Trinajstić information content (AvgIpc) is 2.86. The molecule has 0 aliphatic carbocycles. The van der Waals surface area contributed by atoms with Crippen LogP contribution >= 0.6 is 0 Å². The van der Waals surface area contributed by atoms with E-state index in [1.165, 1.54) is 0 Å². The highest BCUT2D eigenvalue weighted by Crippen LogP contribution is 2.26. The minimum atomic E-state index is -0.706. The molecule has 0 amide bonds. The molecule has 0 saturated carbocycles. The Labute approximate surface area is 87.4 Å². The molecule has 3 atom stereocenters. The Balaban J connectivity index is 2.09. The molecular formula is C9H15N3O3. The highest BCUT2D eigenvalue weighted by molar-refractivity contribution is 4.97. The second-order valence-electron chi connectivity index (χ2n) is 3.76. The third-order valence-corrected chi connectivity index (χ3v) is 2.48. The van der Waals surface area contributed by atoms with Crippen LogP contribution in [0.2, 0.25) is 0 Å². The Morgan fingerprint density at radius 1 is 1.60 bits per heavy atom. The number of rotatable bonds is 3. The van der Waals surface area contributed by atoms with Gasteiger partial charge in [0.2, 0.25) is 11.7 Å². The Morgan fingerprint density at radius 2 is 2.40 bits per heavy atom. The lowest BCUT2D eigenvalue weighted by Gasteiger charge is -2.08. The van der Waals surface area contributed by atoms with Crippen LogP contribution in [-0.4, -0.2) is 28.0 Å². The van der Waals surface area contributed by atoms with Crippen molar-refractivity contribution in [3.63, 3.8) is 0 Å². The molecule has 0 aromatic carbocycles. The number of hydrogen-bond donors (Lipinski definition) is 2. The van der Waals surface area contributed by atoms with Gasteiger partial charge in [0, 0.05) is 6.61 Å². The van der Waals surface area contributed by atoms with Crippen molar-refractivity contribution in [2.24, 2.45) is 5.73 Å². The molecule has 15 heavy (non-hydrogen) atoms.